The van der Waals surface area contributed by atoms with Crippen LogP contribution in [0.15, 0.2) is 36.7 Å². The van der Waals surface area contributed by atoms with Gasteiger partial charge in [-0.3, -0.25) is 4.79 Å². The number of hydrogen-bond donors (Lipinski definition) is 1. The lowest BCUT2D eigenvalue weighted by atomic mass is 9.84. The molecule has 3 aromatic rings. The molecule has 1 aliphatic carbocycles. The van der Waals surface area contributed by atoms with Crippen LogP contribution in [0.2, 0.25) is 0 Å². The molecule has 1 N–H and O–H groups in total. The molecule has 5 heteroatoms. The van der Waals surface area contributed by atoms with Crippen molar-refractivity contribution < 1.29 is 4.79 Å². The zero-order valence-corrected chi connectivity index (χ0v) is 15.8. The molecule has 5 nitrogen and oxygen atoms in total. The average Bonchev–Trinajstić information content (AvgIpc) is 3.35. The van der Waals surface area contributed by atoms with Crippen molar-refractivity contribution in [3.05, 3.63) is 53.7 Å². The van der Waals surface area contributed by atoms with E-state index in [4.69, 9.17) is 0 Å². The number of benzene rings is 1. The highest BCUT2D eigenvalue weighted by atomic mass is 16.2. The van der Waals surface area contributed by atoms with Crippen LogP contribution in [0, 0.1) is 12.8 Å². The minimum Gasteiger partial charge on any atom is -0.361 e. The highest BCUT2D eigenvalue weighted by Gasteiger charge is 2.30. The van der Waals surface area contributed by atoms with Gasteiger partial charge in [-0.05, 0) is 56.4 Å². The van der Waals surface area contributed by atoms with Gasteiger partial charge in [0.2, 0.25) is 0 Å². The summed E-state index contributed by atoms with van der Waals surface area (Å²) in [6, 6.07) is 7.94. The van der Waals surface area contributed by atoms with E-state index in [-0.39, 0.29) is 5.91 Å². The molecule has 2 aromatic heterocycles. The lowest BCUT2D eigenvalue weighted by Crippen LogP contribution is -2.29. The van der Waals surface area contributed by atoms with Crippen LogP contribution in [0.4, 0.5) is 0 Å². The standard InChI is InChI=1S/C22H26N4O/c1-15-12-24-21(17-3-2-4-17)26(15)14-16-8-10-25(13-16)22(27)19-5-6-20-18(11-19)7-9-23-20/h5-7,9,11-12,16-17,23H,2-4,8,10,13-14H2,1H3. The van der Waals surface area contributed by atoms with E-state index in [0.29, 0.717) is 11.8 Å². The fraction of sp³-hybridized carbons (Fsp3) is 0.455. The number of H-pyrrole nitrogens is 1. The highest BCUT2D eigenvalue weighted by Crippen LogP contribution is 2.36. The number of imidazole rings is 1. The summed E-state index contributed by atoms with van der Waals surface area (Å²) in [5.41, 5.74) is 3.11. The third kappa shape index (κ3) is 2.95. The number of fused-ring (bicyclic) bond motifs is 1. The fourth-order valence-electron chi connectivity index (χ4n) is 4.50. The number of amides is 1. The summed E-state index contributed by atoms with van der Waals surface area (Å²) in [7, 11) is 0. The Balaban J connectivity index is 1.28. The van der Waals surface area contributed by atoms with Gasteiger partial charge in [-0.25, -0.2) is 4.98 Å². The number of likely N-dealkylation sites (tertiary alicyclic amines) is 1. The van der Waals surface area contributed by atoms with Crippen LogP contribution in [-0.2, 0) is 6.54 Å². The van der Waals surface area contributed by atoms with Crippen molar-refractivity contribution in [2.45, 2.75) is 45.1 Å². The van der Waals surface area contributed by atoms with E-state index >= 15 is 0 Å². The number of carbonyl (C=O) groups is 1. The molecule has 0 radical (unpaired) electrons. The number of aryl methyl sites for hydroxylation is 1. The monoisotopic (exact) mass is 362 g/mol. The first-order chi connectivity index (χ1) is 13.2. The number of hydrogen-bond acceptors (Lipinski definition) is 2. The number of aromatic nitrogens is 3. The normalized spacial score (nSPS) is 20.3. The molecule has 0 spiro atoms. The quantitative estimate of drug-likeness (QED) is 0.760. The van der Waals surface area contributed by atoms with Gasteiger partial charge < -0.3 is 14.5 Å². The molecule has 1 unspecified atom stereocenters. The smallest absolute Gasteiger partial charge is 0.253 e. The molecule has 5 rings (SSSR count). The first kappa shape index (κ1) is 16.6. The Hall–Kier alpha value is -2.56. The predicted molar refractivity (Wildman–Crippen MR) is 106 cm³/mol. The predicted octanol–water partition coefficient (Wildman–Crippen LogP) is 4.10. The number of carbonyl (C=O) groups excluding carboxylic acids is 1. The van der Waals surface area contributed by atoms with Gasteiger partial charge in [0.1, 0.15) is 5.82 Å². The van der Waals surface area contributed by atoms with Gasteiger partial charge >= 0.3 is 0 Å². The zero-order chi connectivity index (χ0) is 18.4. The largest absolute Gasteiger partial charge is 0.361 e. The lowest BCUT2D eigenvalue weighted by molar-refractivity contribution is 0.0786. The van der Waals surface area contributed by atoms with Gasteiger partial charge in [-0.2, -0.15) is 0 Å². The molecule has 1 saturated heterocycles. The molecule has 140 valence electrons. The van der Waals surface area contributed by atoms with Gasteiger partial charge in [0.15, 0.2) is 0 Å². The Morgan fingerprint density at radius 1 is 1.26 bits per heavy atom. The second-order valence-electron chi connectivity index (χ2n) is 8.18. The SMILES string of the molecule is Cc1cnc(C2CCC2)n1CC1CCN(C(=O)c2ccc3[nH]ccc3c2)C1. The first-order valence-electron chi connectivity index (χ1n) is 10.1. The van der Waals surface area contributed by atoms with Crippen molar-refractivity contribution in [3.8, 4) is 0 Å². The maximum absolute atomic E-state index is 13.0. The molecular weight excluding hydrogens is 336 g/mol. The van der Waals surface area contributed by atoms with Crippen LogP contribution in [0.1, 0.15) is 53.5 Å². The van der Waals surface area contributed by atoms with Crippen LogP contribution < -0.4 is 0 Å². The van der Waals surface area contributed by atoms with Crippen LogP contribution >= 0.6 is 0 Å². The van der Waals surface area contributed by atoms with Crippen LogP contribution in [0.5, 0.6) is 0 Å². The maximum atomic E-state index is 13.0. The summed E-state index contributed by atoms with van der Waals surface area (Å²) in [6.07, 6.45) is 8.87. The molecule has 3 heterocycles. The maximum Gasteiger partial charge on any atom is 0.253 e. The van der Waals surface area contributed by atoms with Crippen molar-refractivity contribution in [1.29, 1.82) is 0 Å². The minimum absolute atomic E-state index is 0.155. The Bertz CT molecular complexity index is 981. The third-order valence-corrected chi connectivity index (χ3v) is 6.37. The van der Waals surface area contributed by atoms with Crippen molar-refractivity contribution in [2.75, 3.05) is 13.1 Å². The first-order valence-corrected chi connectivity index (χ1v) is 10.1. The summed E-state index contributed by atoms with van der Waals surface area (Å²) in [5.74, 6) is 2.58. The summed E-state index contributed by atoms with van der Waals surface area (Å²) in [6.45, 7) is 4.82. The van der Waals surface area contributed by atoms with Gasteiger partial charge in [-0.15, -0.1) is 0 Å². The Labute approximate surface area is 159 Å². The van der Waals surface area contributed by atoms with Gasteiger partial charge in [0.25, 0.3) is 5.91 Å². The molecule has 1 amide bonds. The average molecular weight is 362 g/mol. The molecule has 1 aromatic carbocycles. The number of nitrogens with one attached hydrogen (secondary N) is 1. The Morgan fingerprint density at radius 3 is 2.96 bits per heavy atom. The van der Waals surface area contributed by atoms with Crippen LogP contribution in [0.25, 0.3) is 10.9 Å². The summed E-state index contributed by atoms with van der Waals surface area (Å²) in [4.78, 5) is 22.8. The van der Waals surface area contributed by atoms with E-state index in [1.807, 2.05) is 41.6 Å². The van der Waals surface area contributed by atoms with E-state index < -0.39 is 0 Å². The number of rotatable bonds is 4. The zero-order valence-electron chi connectivity index (χ0n) is 15.8. The van der Waals surface area contributed by atoms with Gasteiger partial charge in [-0.1, -0.05) is 6.42 Å². The van der Waals surface area contributed by atoms with E-state index in [1.54, 1.807) is 0 Å². The van der Waals surface area contributed by atoms with Crippen molar-refractivity contribution in [1.82, 2.24) is 19.4 Å². The number of nitrogens with zero attached hydrogens (tertiary/aromatic N) is 3. The summed E-state index contributed by atoms with van der Waals surface area (Å²) in [5, 5.41) is 1.09. The van der Waals surface area contributed by atoms with Gasteiger partial charge in [0.05, 0.1) is 0 Å². The molecule has 2 fully saturated rings. The van der Waals surface area contributed by atoms with E-state index in [0.717, 1.165) is 42.5 Å². The minimum atomic E-state index is 0.155. The van der Waals surface area contributed by atoms with Crippen molar-refractivity contribution in [3.63, 3.8) is 0 Å². The molecule has 0 bridgehead atoms. The Kier molecular flexibility index (Phi) is 4.03. The van der Waals surface area contributed by atoms with Crippen LogP contribution in [-0.4, -0.2) is 38.4 Å². The lowest BCUT2D eigenvalue weighted by Gasteiger charge is -2.27. The van der Waals surface area contributed by atoms with E-state index in [9.17, 15) is 4.79 Å². The second kappa shape index (κ2) is 6.55. The molecular formula is C22H26N4O. The van der Waals surface area contributed by atoms with E-state index in [1.165, 1.54) is 30.8 Å². The molecule has 1 atom stereocenters. The molecule has 2 aliphatic rings. The Morgan fingerprint density at radius 2 is 2.15 bits per heavy atom. The molecule has 1 saturated carbocycles. The van der Waals surface area contributed by atoms with Crippen molar-refractivity contribution in [2.24, 2.45) is 5.92 Å². The number of aromatic amines is 1. The van der Waals surface area contributed by atoms with Crippen LogP contribution in [0.3, 0.4) is 0 Å². The topological polar surface area (TPSA) is 53.9 Å². The highest BCUT2D eigenvalue weighted by molar-refractivity contribution is 5.98. The third-order valence-electron chi connectivity index (χ3n) is 6.37. The molecule has 27 heavy (non-hydrogen) atoms. The van der Waals surface area contributed by atoms with Gasteiger partial charge in [0, 0.05) is 60.1 Å². The second-order valence-corrected chi connectivity index (χ2v) is 8.18. The van der Waals surface area contributed by atoms with Crippen molar-refractivity contribution >= 4 is 16.8 Å². The fourth-order valence-corrected chi connectivity index (χ4v) is 4.50. The summed E-state index contributed by atoms with van der Waals surface area (Å²) < 4.78 is 2.41. The summed E-state index contributed by atoms with van der Waals surface area (Å²) >= 11 is 0. The van der Waals surface area contributed by atoms with E-state index in [2.05, 4.69) is 21.5 Å². The molecule has 1 aliphatic heterocycles.